The third-order valence-corrected chi connectivity index (χ3v) is 3.80. The summed E-state index contributed by atoms with van der Waals surface area (Å²) in [6, 6.07) is 9.32. The molecule has 0 amide bonds. The van der Waals surface area contributed by atoms with Gasteiger partial charge < -0.3 is 10.4 Å². The molecule has 2 fully saturated rings. The second-order valence-corrected chi connectivity index (χ2v) is 5.29. The van der Waals surface area contributed by atoms with Gasteiger partial charge in [-0.3, -0.25) is 0 Å². The Morgan fingerprint density at radius 3 is 2.56 bits per heavy atom. The molecule has 0 radical (unpaired) electrons. The summed E-state index contributed by atoms with van der Waals surface area (Å²) in [5, 5.41) is 13.4. The molecule has 1 aromatic carbocycles. The van der Waals surface area contributed by atoms with Crippen molar-refractivity contribution in [3.8, 4) is 0 Å². The van der Waals surface area contributed by atoms with Gasteiger partial charge >= 0.3 is 0 Å². The summed E-state index contributed by atoms with van der Waals surface area (Å²) in [4.78, 5) is 0. The van der Waals surface area contributed by atoms with Gasteiger partial charge in [-0.25, -0.2) is 0 Å². The van der Waals surface area contributed by atoms with E-state index in [2.05, 4.69) is 29.6 Å². The van der Waals surface area contributed by atoms with E-state index in [-0.39, 0.29) is 5.60 Å². The van der Waals surface area contributed by atoms with Crippen LogP contribution in [0.5, 0.6) is 0 Å². The standard InChI is InChI=1S/C14H19NO/c16-14(7-8-14)10-11-3-5-12(6-4-11)13-2-1-9-15-13/h3-6,13,15-16H,1-2,7-10H2. The summed E-state index contributed by atoms with van der Waals surface area (Å²) in [6.45, 7) is 1.15. The highest BCUT2D eigenvalue weighted by Gasteiger charge is 2.39. The van der Waals surface area contributed by atoms with Crippen LogP contribution in [0.2, 0.25) is 0 Å². The number of aliphatic hydroxyl groups is 1. The lowest BCUT2D eigenvalue weighted by atomic mass is 10.0. The highest BCUT2D eigenvalue weighted by Crippen LogP contribution is 2.38. The normalized spacial score (nSPS) is 26.9. The Hall–Kier alpha value is -0.860. The van der Waals surface area contributed by atoms with Crippen molar-refractivity contribution >= 4 is 0 Å². The Balaban J connectivity index is 1.69. The van der Waals surface area contributed by atoms with Crippen molar-refractivity contribution in [2.45, 2.75) is 43.7 Å². The van der Waals surface area contributed by atoms with E-state index in [1.54, 1.807) is 0 Å². The molecule has 1 aromatic rings. The molecule has 1 saturated heterocycles. The first-order chi connectivity index (χ1) is 7.75. The van der Waals surface area contributed by atoms with Gasteiger partial charge in [-0.05, 0) is 43.4 Å². The van der Waals surface area contributed by atoms with Gasteiger partial charge in [0.25, 0.3) is 0 Å². The zero-order valence-electron chi connectivity index (χ0n) is 9.58. The van der Waals surface area contributed by atoms with Crippen molar-refractivity contribution in [3.63, 3.8) is 0 Å². The van der Waals surface area contributed by atoms with E-state index in [1.807, 2.05) is 0 Å². The summed E-state index contributed by atoms with van der Waals surface area (Å²) in [7, 11) is 0. The molecule has 3 rings (SSSR count). The number of hydrogen-bond donors (Lipinski definition) is 2. The van der Waals surface area contributed by atoms with Crippen LogP contribution in [0, 0.1) is 0 Å². The minimum atomic E-state index is -0.368. The predicted octanol–water partition coefficient (Wildman–Crippen LogP) is 2.18. The summed E-state index contributed by atoms with van der Waals surface area (Å²) >= 11 is 0. The summed E-state index contributed by atoms with van der Waals surface area (Å²) in [6.07, 6.45) is 5.30. The largest absolute Gasteiger partial charge is 0.390 e. The van der Waals surface area contributed by atoms with E-state index in [9.17, 15) is 5.11 Å². The Labute approximate surface area is 96.7 Å². The van der Waals surface area contributed by atoms with Gasteiger partial charge in [0.15, 0.2) is 0 Å². The van der Waals surface area contributed by atoms with Crippen molar-refractivity contribution in [2.75, 3.05) is 6.54 Å². The molecule has 0 bridgehead atoms. The molecule has 1 heterocycles. The molecule has 1 aliphatic carbocycles. The molecule has 2 nitrogen and oxygen atoms in total. The second-order valence-electron chi connectivity index (χ2n) is 5.29. The predicted molar refractivity (Wildman–Crippen MR) is 64.3 cm³/mol. The fourth-order valence-corrected chi connectivity index (χ4v) is 2.54. The van der Waals surface area contributed by atoms with Crippen LogP contribution < -0.4 is 5.32 Å². The minimum absolute atomic E-state index is 0.368. The van der Waals surface area contributed by atoms with Gasteiger partial charge in [0.2, 0.25) is 0 Å². The zero-order chi connectivity index (χ0) is 11.0. The van der Waals surface area contributed by atoms with Crippen molar-refractivity contribution in [1.29, 1.82) is 0 Å². The van der Waals surface area contributed by atoms with Gasteiger partial charge in [-0.1, -0.05) is 24.3 Å². The van der Waals surface area contributed by atoms with E-state index >= 15 is 0 Å². The van der Waals surface area contributed by atoms with Gasteiger partial charge in [-0.2, -0.15) is 0 Å². The lowest BCUT2D eigenvalue weighted by Gasteiger charge is -2.12. The van der Waals surface area contributed by atoms with Crippen LogP contribution in [-0.4, -0.2) is 17.3 Å². The molecule has 2 N–H and O–H groups in total. The Morgan fingerprint density at radius 1 is 1.25 bits per heavy atom. The van der Waals surface area contributed by atoms with Crippen LogP contribution in [0.1, 0.15) is 42.9 Å². The van der Waals surface area contributed by atoms with Gasteiger partial charge in [0, 0.05) is 12.5 Å². The third-order valence-electron chi connectivity index (χ3n) is 3.80. The van der Waals surface area contributed by atoms with Crippen LogP contribution >= 0.6 is 0 Å². The highest BCUT2D eigenvalue weighted by molar-refractivity contribution is 5.27. The van der Waals surface area contributed by atoms with E-state index < -0.39 is 0 Å². The van der Waals surface area contributed by atoms with Crippen LogP contribution in [-0.2, 0) is 6.42 Å². The first kappa shape index (κ1) is 10.3. The van der Waals surface area contributed by atoms with Gasteiger partial charge in [0.1, 0.15) is 0 Å². The average Bonchev–Trinajstić information content (AvgIpc) is 2.83. The van der Waals surface area contributed by atoms with Crippen molar-refractivity contribution in [1.82, 2.24) is 5.32 Å². The summed E-state index contributed by atoms with van der Waals surface area (Å²) in [5.74, 6) is 0. The molecule has 1 unspecified atom stereocenters. The Morgan fingerprint density at radius 2 is 2.00 bits per heavy atom. The summed E-state index contributed by atoms with van der Waals surface area (Å²) in [5.41, 5.74) is 2.29. The number of nitrogens with one attached hydrogen (secondary N) is 1. The molecule has 0 aromatic heterocycles. The van der Waals surface area contributed by atoms with Crippen LogP contribution in [0.15, 0.2) is 24.3 Å². The number of rotatable bonds is 3. The van der Waals surface area contributed by atoms with E-state index in [4.69, 9.17) is 0 Å². The van der Waals surface area contributed by atoms with Crippen molar-refractivity contribution in [3.05, 3.63) is 35.4 Å². The lowest BCUT2D eigenvalue weighted by molar-refractivity contribution is 0.151. The number of hydrogen-bond acceptors (Lipinski definition) is 2. The highest BCUT2D eigenvalue weighted by atomic mass is 16.3. The molecule has 1 atom stereocenters. The molecular weight excluding hydrogens is 198 g/mol. The lowest BCUT2D eigenvalue weighted by Crippen LogP contribution is -2.13. The van der Waals surface area contributed by atoms with E-state index in [1.165, 1.54) is 24.0 Å². The maximum atomic E-state index is 9.85. The molecule has 1 aliphatic heterocycles. The summed E-state index contributed by atoms with van der Waals surface area (Å²) < 4.78 is 0. The molecule has 2 aliphatic rings. The average molecular weight is 217 g/mol. The van der Waals surface area contributed by atoms with Crippen LogP contribution in [0.3, 0.4) is 0 Å². The number of benzene rings is 1. The molecule has 16 heavy (non-hydrogen) atoms. The van der Waals surface area contributed by atoms with E-state index in [0.29, 0.717) is 6.04 Å². The van der Waals surface area contributed by atoms with Crippen LogP contribution in [0.4, 0.5) is 0 Å². The topological polar surface area (TPSA) is 32.3 Å². The molecule has 2 heteroatoms. The zero-order valence-corrected chi connectivity index (χ0v) is 9.58. The molecule has 86 valence electrons. The first-order valence-corrected chi connectivity index (χ1v) is 6.30. The molecular formula is C14H19NO. The van der Waals surface area contributed by atoms with Gasteiger partial charge in [0.05, 0.1) is 5.60 Å². The fraction of sp³-hybridized carbons (Fsp3) is 0.571. The third kappa shape index (κ3) is 2.13. The Kier molecular flexibility index (Phi) is 2.49. The second kappa shape index (κ2) is 3.86. The maximum absolute atomic E-state index is 9.85. The molecule has 1 saturated carbocycles. The molecule has 0 spiro atoms. The quantitative estimate of drug-likeness (QED) is 0.813. The monoisotopic (exact) mass is 217 g/mol. The first-order valence-electron chi connectivity index (χ1n) is 6.30. The Bertz CT molecular complexity index is 361. The smallest absolute Gasteiger partial charge is 0.0690 e. The van der Waals surface area contributed by atoms with Crippen LogP contribution in [0.25, 0.3) is 0 Å². The van der Waals surface area contributed by atoms with E-state index in [0.717, 1.165) is 25.8 Å². The minimum Gasteiger partial charge on any atom is -0.390 e. The fourth-order valence-electron chi connectivity index (χ4n) is 2.54. The van der Waals surface area contributed by atoms with Crippen molar-refractivity contribution in [2.24, 2.45) is 0 Å². The van der Waals surface area contributed by atoms with Gasteiger partial charge in [-0.15, -0.1) is 0 Å². The maximum Gasteiger partial charge on any atom is 0.0690 e. The SMILES string of the molecule is OC1(Cc2ccc(C3CCCN3)cc2)CC1. The van der Waals surface area contributed by atoms with Crippen molar-refractivity contribution < 1.29 is 5.11 Å².